The molecule has 1 aromatic carbocycles. The van der Waals surface area contributed by atoms with E-state index in [0.717, 1.165) is 18.6 Å². The van der Waals surface area contributed by atoms with E-state index in [-0.39, 0.29) is 5.97 Å². The Hall–Kier alpha value is -1.55. The molecule has 0 aliphatic carbocycles. The number of hydrogen-bond acceptors (Lipinski definition) is 4. The molecule has 4 heteroatoms. The predicted molar refractivity (Wildman–Crippen MR) is 79.8 cm³/mol. The summed E-state index contributed by atoms with van der Waals surface area (Å²) in [6.45, 7) is 4.38. The van der Waals surface area contributed by atoms with Crippen LogP contribution in [0.4, 0.5) is 0 Å². The summed E-state index contributed by atoms with van der Waals surface area (Å²) >= 11 is 0. The van der Waals surface area contributed by atoms with Gasteiger partial charge in [0.05, 0.1) is 13.7 Å². The van der Waals surface area contributed by atoms with E-state index in [1.54, 1.807) is 6.92 Å². The van der Waals surface area contributed by atoms with Crippen LogP contribution < -0.4 is 10.5 Å². The Morgan fingerprint density at radius 3 is 2.50 bits per heavy atom. The van der Waals surface area contributed by atoms with Gasteiger partial charge in [-0.15, -0.1) is 0 Å². The summed E-state index contributed by atoms with van der Waals surface area (Å²) in [6.07, 6.45) is 3.47. The van der Waals surface area contributed by atoms with Crippen molar-refractivity contribution in [3.63, 3.8) is 0 Å². The number of benzene rings is 1. The summed E-state index contributed by atoms with van der Waals surface area (Å²) in [6, 6.07) is 8.13. The van der Waals surface area contributed by atoms with Crippen LogP contribution >= 0.6 is 0 Å². The van der Waals surface area contributed by atoms with E-state index in [2.05, 4.69) is 23.8 Å². The molecule has 0 radical (unpaired) electrons. The summed E-state index contributed by atoms with van der Waals surface area (Å²) < 4.78 is 10.3. The number of carbonyl (C=O) groups is 1. The second-order valence-electron chi connectivity index (χ2n) is 5.26. The van der Waals surface area contributed by atoms with E-state index < -0.39 is 5.54 Å². The fraction of sp³-hybridized carbons (Fsp3) is 0.562. The van der Waals surface area contributed by atoms with Crippen molar-refractivity contribution in [1.82, 2.24) is 0 Å². The lowest BCUT2D eigenvalue weighted by Crippen LogP contribution is -2.45. The van der Waals surface area contributed by atoms with E-state index in [4.69, 9.17) is 10.5 Å². The van der Waals surface area contributed by atoms with Gasteiger partial charge in [0.25, 0.3) is 0 Å². The first kappa shape index (κ1) is 16.5. The molecule has 1 aromatic rings. The molecule has 0 bridgehead atoms. The normalized spacial score (nSPS) is 13.6. The first-order valence-corrected chi connectivity index (χ1v) is 7.08. The molecule has 1 unspecified atom stereocenters. The van der Waals surface area contributed by atoms with Crippen molar-refractivity contribution >= 4 is 5.97 Å². The average molecular weight is 279 g/mol. The molecular weight excluding hydrogens is 254 g/mol. The topological polar surface area (TPSA) is 61.5 Å². The summed E-state index contributed by atoms with van der Waals surface area (Å²) in [5.74, 6) is 0.461. The van der Waals surface area contributed by atoms with Gasteiger partial charge < -0.3 is 15.2 Å². The average Bonchev–Trinajstić information content (AvgIpc) is 2.44. The summed E-state index contributed by atoms with van der Waals surface area (Å²) in [5, 5.41) is 0. The van der Waals surface area contributed by atoms with Gasteiger partial charge >= 0.3 is 5.97 Å². The van der Waals surface area contributed by atoms with Gasteiger partial charge in [0.2, 0.25) is 0 Å². The summed E-state index contributed by atoms with van der Waals surface area (Å²) in [5.41, 5.74) is 6.25. The maximum Gasteiger partial charge on any atom is 0.325 e. The Bertz CT molecular complexity index is 412. The molecule has 0 aliphatic rings. The third kappa shape index (κ3) is 5.21. The molecule has 1 rings (SSSR count). The van der Waals surface area contributed by atoms with Gasteiger partial charge in [0, 0.05) is 0 Å². The highest BCUT2D eigenvalue weighted by atomic mass is 16.5. The maximum absolute atomic E-state index is 11.4. The molecule has 0 saturated carbocycles. The number of rotatable bonds is 8. The van der Waals surface area contributed by atoms with Gasteiger partial charge in [0.15, 0.2) is 0 Å². The molecule has 0 fully saturated rings. The molecule has 1 atom stereocenters. The molecule has 0 heterocycles. The Labute approximate surface area is 121 Å². The lowest BCUT2D eigenvalue weighted by atomic mass is 9.98. The highest BCUT2D eigenvalue weighted by molar-refractivity contribution is 5.79. The van der Waals surface area contributed by atoms with Crippen molar-refractivity contribution in [2.24, 2.45) is 5.73 Å². The molecule has 0 spiro atoms. The SMILES string of the molecule is CCCc1ccc(OCCCC(C)(N)C(=O)OC)cc1. The minimum Gasteiger partial charge on any atom is -0.494 e. The van der Waals surface area contributed by atoms with Crippen LogP contribution in [0.5, 0.6) is 5.75 Å². The molecule has 0 aromatic heterocycles. The van der Waals surface area contributed by atoms with E-state index in [1.807, 2.05) is 12.1 Å². The highest BCUT2D eigenvalue weighted by Gasteiger charge is 2.28. The largest absolute Gasteiger partial charge is 0.494 e. The van der Waals surface area contributed by atoms with Gasteiger partial charge in [-0.05, 0) is 43.9 Å². The Morgan fingerprint density at radius 2 is 1.95 bits per heavy atom. The number of nitrogens with two attached hydrogens (primary N) is 1. The third-order valence-corrected chi connectivity index (χ3v) is 3.22. The molecule has 0 saturated heterocycles. The van der Waals surface area contributed by atoms with Gasteiger partial charge in [0.1, 0.15) is 11.3 Å². The van der Waals surface area contributed by atoms with Crippen molar-refractivity contribution in [2.45, 2.75) is 45.1 Å². The van der Waals surface area contributed by atoms with Gasteiger partial charge in [-0.25, -0.2) is 0 Å². The van der Waals surface area contributed by atoms with Gasteiger partial charge in [-0.2, -0.15) is 0 Å². The molecule has 4 nitrogen and oxygen atoms in total. The standard InChI is InChI=1S/C16H25NO3/c1-4-6-13-7-9-14(10-8-13)20-12-5-11-16(2,17)15(18)19-3/h7-10H,4-6,11-12,17H2,1-3H3. The number of esters is 1. The van der Waals surface area contributed by atoms with Gasteiger partial charge in [-0.1, -0.05) is 25.5 Å². The third-order valence-electron chi connectivity index (χ3n) is 3.22. The molecule has 2 N–H and O–H groups in total. The van der Waals surface area contributed by atoms with Crippen molar-refractivity contribution < 1.29 is 14.3 Å². The fourth-order valence-corrected chi connectivity index (χ4v) is 2.01. The first-order valence-electron chi connectivity index (χ1n) is 7.08. The van der Waals surface area contributed by atoms with Gasteiger partial charge in [-0.3, -0.25) is 4.79 Å². The summed E-state index contributed by atoms with van der Waals surface area (Å²) in [4.78, 5) is 11.4. The van der Waals surface area contributed by atoms with Crippen LogP contribution in [-0.4, -0.2) is 25.2 Å². The quantitative estimate of drug-likeness (QED) is 0.587. The van der Waals surface area contributed by atoms with Crippen LogP contribution in [0.25, 0.3) is 0 Å². The zero-order chi connectivity index (χ0) is 15.0. The number of methoxy groups -OCH3 is 1. The van der Waals surface area contributed by atoms with E-state index in [1.165, 1.54) is 12.7 Å². The second kappa shape index (κ2) is 7.90. The van der Waals surface area contributed by atoms with Crippen molar-refractivity contribution in [3.05, 3.63) is 29.8 Å². The minimum absolute atomic E-state index is 0.388. The number of aryl methyl sites for hydroxylation is 1. The first-order chi connectivity index (χ1) is 9.49. The van der Waals surface area contributed by atoms with E-state index in [0.29, 0.717) is 19.4 Å². The number of hydrogen-bond donors (Lipinski definition) is 1. The Kier molecular flexibility index (Phi) is 6.52. The molecule has 112 valence electrons. The van der Waals surface area contributed by atoms with Crippen LogP contribution in [0, 0.1) is 0 Å². The molecule has 20 heavy (non-hydrogen) atoms. The lowest BCUT2D eigenvalue weighted by molar-refractivity contribution is -0.146. The zero-order valence-corrected chi connectivity index (χ0v) is 12.6. The molecule has 0 amide bonds. The molecular formula is C16H25NO3. The predicted octanol–water partition coefficient (Wildman–Crippen LogP) is 2.69. The van der Waals surface area contributed by atoms with E-state index in [9.17, 15) is 4.79 Å². The van der Waals surface area contributed by atoms with Crippen LogP contribution in [0.3, 0.4) is 0 Å². The monoisotopic (exact) mass is 279 g/mol. The smallest absolute Gasteiger partial charge is 0.325 e. The second-order valence-corrected chi connectivity index (χ2v) is 5.26. The summed E-state index contributed by atoms with van der Waals surface area (Å²) in [7, 11) is 1.35. The Balaban J connectivity index is 2.32. The van der Waals surface area contributed by atoms with Crippen LogP contribution in [-0.2, 0) is 16.0 Å². The van der Waals surface area contributed by atoms with E-state index >= 15 is 0 Å². The fourth-order valence-electron chi connectivity index (χ4n) is 2.01. The number of ether oxygens (including phenoxy) is 2. The lowest BCUT2D eigenvalue weighted by Gasteiger charge is -2.21. The zero-order valence-electron chi connectivity index (χ0n) is 12.6. The van der Waals surface area contributed by atoms with Crippen molar-refractivity contribution in [3.8, 4) is 5.75 Å². The van der Waals surface area contributed by atoms with Crippen LogP contribution in [0.1, 0.15) is 38.7 Å². The molecule has 0 aliphatic heterocycles. The number of carbonyl (C=O) groups excluding carboxylic acids is 1. The maximum atomic E-state index is 11.4. The highest BCUT2D eigenvalue weighted by Crippen LogP contribution is 2.15. The van der Waals surface area contributed by atoms with Crippen molar-refractivity contribution in [1.29, 1.82) is 0 Å². The minimum atomic E-state index is -0.941. The van der Waals surface area contributed by atoms with Crippen LogP contribution in [0.15, 0.2) is 24.3 Å². The van der Waals surface area contributed by atoms with Crippen molar-refractivity contribution in [2.75, 3.05) is 13.7 Å². The van der Waals surface area contributed by atoms with Crippen LogP contribution in [0.2, 0.25) is 0 Å². The Morgan fingerprint density at radius 1 is 1.30 bits per heavy atom.